The predicted octanol–water partition coefficient (Wildman–Crippen LogP) is 10.7. The van der Waals surface area contributed by atoms with Gasteiger partial charge in [0.05, 0.1) is 11.0 Å². The first-order valence-corrected chi connectivity index (χ1v) is 19.1. The lowest BCUT2D eigenvalue weighted by atomic mass is 9.82. The summed E-state index contributed by atoms with van der Waals surface area (Å²) in [6.07, 6.45) is 4.19. The first kappa shape index (κ1) is 30.6. The lowest BCUT2D eigenvalue weighted by molar-refractivity contribution is 1.09. The predicted molar refractivity (Wildman–Crippen MR) is 235 cm³/mol. The fourth-order valence-electron chi connectivity index (χ4n) is 9.82. The molecule has 2 N–H and O–H groups in total. The number of hydrogen-bond donors (Lipinski definition) is 1. The Labute approximate surface area is 319 Å². The quantitative estimate of drug-likeness (QED) is 0.144. The molecule has 1 aliphatic carbocycles. The summed E-state index contributed by atoms with van der Waals surface area (Å²) < 4.78 is 2.51. The number of hydrogen-bond acceptors (Lipinski definition) is 1. The molecule has 0 saturated heterocycles. The van der Waals surface area contributed by atoms with Crippen molar-refractivity contribution in [2.24, 2.45) is 0 Å². The topological polar surface area (TPSA) is 30.4 Å². The van der Waals surface area contributed by atoms with Gasteiger partial charge < -0.3 is 10.1 Å². The number of fused-ring (bicyclic) bond motifs is 7. The number of benzene rings is 8. The van der Waals surface area contributed by atoms with Crippen molar-refractivity contribution in [3.05, 3.63) is 174 Å². The number of nitrogens with zero attached hydrogens (tertiary/aromatic N) is 1. The van der Waals surface area contributed by atoms with E-state index in [2.05, 4.69) is 168 Å². The Morgan fingerprint density at radius 1 is 0.473 bits per heavy atom. The molecule has 3 aromatic heterocycles. The highest BCUT2D eigenvalue weighted by Gasteiger charge is 2.27. The van der Waals surface area contributed by atoms with E-state index in [1.54, 1.807) is 0 Å². The number of rotatable bonds is 4. The summed E-state index contributed by atoms with van der Waals surface area (Å²) in [5.74, 6) is 0. The molecule has 2 radical (unpaired) electrons. The van der Waals surface area contributed by atoms with Gasteiger partial charge >= 0.3 is 0 Å². The number of aromatic nitrogens is 1. The molecule has 3 heterocycles. The van der Waals surface area contributed by atoms with Crippen molar-refractivity contribution in [2.45, 2.75) is 12.8 Å². The summed E-state index contributed by atoms with van der Waals surface area (Å²) in [6.45, 7) is 0. The second-order valence-corrected chi connectivity index (χ2v) is 15.2. The van der Waals surface area contributed by atoms with Gasteiger partial charge in [0.25, 0.3) is 0 Å². The molecule has 12 rings (SSSR count). The first-order chi connectivity index (χ1) is 27.1. The maximum atomic E-state index is 7.58. The SMILES string of the molecule is [B]c1c2cc(-c3ccccc3)c3c4cc(-c5ccccc5)cc5c6cc(-c7ccccc7)cc(c7c2=CCCC=7c2cc7ccccc7cc2N)c6n(c13)c54. The number of anilines is 1. The van der Waals surface area contributed by atoms with Gasteiger partial charge in [-0.15, -0.1) is 0 Å². The van der Waals surface area contributed by atoms with Gasteiger partial charge in [-0.2, -0.15) is 0 Å². The average molecular weight is 697 g/mol. The first-order valence-electron chi connectivity index (χ1n) is 19.1. The van der Waals surface area contributed by atoms with Crippen molar-refractivity contribution in [3.63, 3.8) is 0 Å². The maximum absolute atomic E-state index is 7.58. The van der Waals surface area contributed by atoms with E-state index in [1.165, 1.54) is 92.7 Å². The number of nitrogens with two attached hydrogens (primary N) is 1. The summed E-state index contributed by atoms with van der Waals surface area (Å²) in [5.41, 5.74) is 21.7. The van der Waals surface area contributed by atoms with Crippen LogP contribution in [0.15, 0.2) is 158 Å². The van der Waals surface area contributed by atoms with Gasteiger partial charge in [0.15, 0.2) is 0 Å². The Bertz CT molecular complexity index is 3470. The Morgan fingerprint density at radius 3 is 1.67 bits per heavy atom. The standard InChI is InChI=1S/C52H33BN2/c53-49-41-29-39(32-17-8-3-9-18-32)48-45-27-36(31-15-6-2-7-16-31)25-43-42-24-35(30-13-4-1-5-14-30)26-44(50(42)55(51(43)45)52(48)49)47-37(21-12-22-38(41)47)40-23-33-19-10-11-20-34(33)28-46(40)54/h1-11,13-20,22-29H,12,21,54H2. The van der Waals surface area contributed by atoms with Gasteiger partial charge in [0.1, 0.15) is 7.85 Å². The molecule has 0 spiro atoms. The second-order valence-electron chi connectivity index (χ2n) is 15.2. The Kier molecular flexibility index (Phi) is 6.31. The average Bonchev–Trinajstić information content (AvgIpc) is 3.75. The van der Waals surface area contributed by atoms with E-state index in [-0.39, 0.29) is 0 Å². The van der Waals surface area contributed by atoms with Crippen LogP contribution in [-0.2, 0) is 0 Å². The molecule has 3 heteroatoms. The monoisotopic (exact) mass is 696 g/mol. The van der Waals surface area contributed by atoms with E-state index < -0.39 is 0 Å². The van der Waals surface area contributed by atoms with Gasteiger partial charge in [-0.25, -0.2) is 0 Å². The maximum Gasteiger partial charge on any atom is 0.117 e. The summed E-state index contributed by atoms with van der Waals surface area (Å²) in [5, 5.41) is 11.9. The molecule has 55 heavy (non-hydrogen) atoms. The zero-order valence-corrected chi connectivity index (χ0v) is 30.1. The summed E-state index contributed by atoms with van der Waals surface area (Å²) in [4.78, 5) is 0. The van der Waals surface area contributed by atoms with Crippen LogP contribution in [0.1, 0.15) is 18.4 Å². The molecule has 0 fully saturated rings. The normalized spacial score (nSPS) is 13.2. The largest absolute Gasteiger partial charge is 0.398 e. The van der Waals surface area contributed by atoms with Crippen molar-refractivity contribution in [1.82, 2.24) is 4.40 Å². The summed E-state index contributed by atoms with van der Waals surface area (Å²) in [6, 6.07) is 57.4. The van der Waals surface area contributed by atoms with Crippen LogP contribution in [0.2, 0.25) is 0 Å². The van der Waals surface area contributed by atoms with Crippen LogP contribution in [0.4, 0.5) is 5.69 Å². The summed E-state index contributed by atoms with van der Waals surface area (Å²) >= 11 is 0. The third-order valence-electron chi connectivity index (χ3n) is 12.2. The van der Waals surface area contributed by atoms with Crippen molar-refractivity contribution >= 4 is 90.3 Å². The molecule has 1 aliphatic rings. The van der Waals surface area contributed by atoms with Crippen LogP contribution in [0.25, 0.3) is 105 Å². The van der Waals surface area contributed by atoms with E-state index in [0.717, 1.165) is 45.8 Å². The minimum Gasteiger partial charge on any atom is -0.398 e. The molecule has 8 aromatic carbocycles. The smallest absolute Gasteiger partial charge is 0.117 e. The van der Waals surface area contributed by atoms with Gasteiger partial charge in [-0.05, 0) is 121 Å². The Balaban J connectivity index is 1.40. The minimum atomic E-state index is 0.800. The molecule has 2 bridgehead atoms. The fourth-order valence-corrected chi connectivity index (χ4v) is 9.82. The Hall–Kier alpha value is -6.84. The zero-order chi connectivity index (χ0) is 36.4. The summed E-state index contributed by atoms with van der Waals surface area (Å²) in [7, 11) is 7.58. The van der Waals surface area contributed by atoms with E-state index in [0.29, 0.717) is 0 Å². The lowest BCUT2D eigenvalue weighted by Crippen LogP contribution is -2.34. The molecule has 0 amide bonds. The molecule has 0 atom stereocenters. The fraction of sp³-hybridized carbons (Fsp3) is 0.0385. The second kappa shape index (κ2) is 11.3. The third-order valence-corrected chi connectivity index (χ3v) is 12.2. The van der Waals surface area contributed by atoms with Gasteiger partial charge in [-0.1, -0.05) is 127 Å². The molecule has 0 saturated carbocycles. The Morgan fingerprint density at radius 2 is 1.02 bits per heavy atom. The molecular weight excluding hydrogens is 663 g/mol. The highest BCUT2D eigenvalue weighted by molar-refractivity contribution is 6.47. The lowest BCUT2D eigenvalue weighted by Gasteiger charge is -2.19. The van der Waals surface area contributed by atoms with Crippen LogP contribution in [-0.4, -0.2) is 12.2 Å². The number of nitrogen functional groups attached to an aromatic ring is 1. The molecule has 0 unspecified atom stereocenters. The van der Waals surface area contributed by atoms with Crippen molar-refractivity contribution in [3.8, 4) is 33.4 Å². The van der Waals surface area contributed by atoms with Gasteiger partial charge in [0.2, 0.25) is 0 Å². The van der Waals surface area contributed by atoms with E-state index >= 15 is 0 Å². The molecular formula is C52H33BN2. The molecule has 0 aliphatic heterocycles. The molecule has 2 nitrogen and oxygen atoms in total. The van der Waals surface area contributed by atoms with Crippen molar-refractivity contribution in [1.29, 1.82) is 0 Å². The zero-order valence-electron chi connectivity index (χ0n) is 30.1. The van der Waals surface area contributed by atoms with E-state index in [1.807, 2.05) is 0 Å². The van der Waals surface area contributed by atoms with Crippen LogP contribution < -0.4 is 21.6 Å². The van der Waals surface area contributed by atoms with Crippen molar-refractivity contribution in [2.75, 3.05) is 5.73 Å². The molecule has 11 aromatic rings. The minimum absolute atomic E-state index is 0.800. The van der Waals surface area contributed by atoms with Gasteiger partial charge in [-0.3, -0.25) is 0 Å². The van der Waals surface area contributed by atoms with Crippen LogP contribution in [0, 0.1) is 0 Å². The molecule has 254 valence electrons. The van der Waals surface area contributed by atoms with Crippen molar-refractivity contribution < 1.29 is 0 Å². The van der Waals surface area contributed by atoms with Crippen LogP contribution in [0.5, 0.6) is 0 Å². The third kappa shape index (κ3) is 4.27. The van der Waals surface area contributed by atoms with Crippen LogP contribution in [0.3, 0.4) is 0 Å². The van der Waals surface area contributed by atoms with Crippen LogP contribution >= 0.6 is 0 Å². The van der Waals surface area contributed by atoms with E-state index in [9.17, 15) is 0 Å². The van der Waals surface area contributed by atoms with Gasteiger partial charge in [0, 0.05) is 43.7 Å². The highest BCUT2D eigenvalue weighted by atomic mass is 14.9. The highest BCUT2D eigenvalue weighted by Crippen LogP contribution is 2.46. The van der Waals surface area contributed by atoms with E-state index in [4.69, 9.17) is 13.6 Å².